The highest BCUT2D eigenvalue weighted by Gasteiger charge is 1.43. The number of hydrogen-bond donors (Lipinski definition) is 2. The predicted molar refractivity (Wildman–Crippen MR) is 59.1 cm³/mol. The molecule has 2 nitrogen and oxygen atoms in total. The number of halogens is 2. The summed E-state index contributed by atoms with van der Waals surface area (Å²) < 4.78 is 0. The maximum Gasteiger partial charge on any atom is 0.0104 e. The predicted octanol–water partition coefficient (Wildman–Crippen LogP) is 1.42. The van der Waals surface area contributed by atoms with Crippen LogP contribution < -0.4 is 11.5 Å². The van der Waals surface area contributed by atoms with Crippen LogP contribution >= 0.6 is 34.0 Å². The first-order chi connectivity index (χ1) is 3.83. The first-order valence-corrected chi connectivity index (χ1v) is 2.45. The Labute approximate surface area is 83.9 Å². The van der Waals surface area contributed by atoms with Crippen molar-refractivity contribution >= 4 is 34.0 Å². The van der Waals surface area contributed by atoms with Crippen LogP contribution in [0.4, 0.5) is 0 Å². The van der Waals surface area contributed by atoms with Gasteiger partial charge < -0.3 is 11.5 Å². The standard InChI is InChI=1S/2C3H7N.2BrH/c2*1-2-3-4;;/h2*2H,1,3-4H2;2*1H. The molecule has 64 valence electrons. The molecule has 0 aliphatic carbocycles. The highest BCUT2D eigenvalue weighted by atomic mass is 79.9. The zero-order valence-electron chi connectivity index (χ0n) is 5.95. The fourth-order valence-electron chi connectivity index (χ4n) is 0. The van der Waals surface area contributed by atoms with Crippen LogP contribution in [0.5, 0.6) is 0 Å². The summed E-state index contributed by atoms with van der Waals surface area (Å²) in [5.74, 6) is 0. The van der Waals surface area contributed by atoms with Crippen LogP contribution in [0.1, 0.15) is 0 Å². The molecule has 0 aromatic carbocycles. The molecule has 0 aromatic heterocycles. The van der Waals surface area contributed by atoms with Crippen molar-refractivity contribution in [1.82, 2.24) is 0 Å². The normalized spacial score (nSPS) is 5.00. The third kappa shape index (κ3) is 81.3. The van der Waals surface area contributed by atoms with Gasteiger partial charge in [0, 0.05) is 13.1 Å². The van der Waals surface area contributed by atoms with Crippen LogP contribution in [-0.4, -0.2) is 13.1 Å². The highest BCUT2D eigenvalue weighted by molar-refractivity contribution is 8.93. The molecular weight excluding hydrogens is 260 g/mol. The second-order valence-corrected chi connectivity index (χ2v) is 1.05. The Balaban J connectivity index is -0.0000000300. The third-order valence-electron chi connectivity index (χ3n) is 0.333. The van der Waals surface area contributed by atoms with Gasteiger partial charge in [-0.3, -0.25) is 0 Å². The Hall–Kier alpha value is 0.360. The van der Waals surface area contributed by atoms with E-state index in [1.807, 2.05) is 0 Å². The van der Waals surface area contributed by atoms with E-state index in [9.17, 15) is 0 Å². The molecule has 4 N–H and O–H groups in total. The maximum atomic E-state index is 4.91. The summed E-state index contributed by atoms with van der Waals surface area (Å²) in [5, 5.41) is 0. The van der Waals surface area contributed by atoms with Gasteiger partial charge in [0.15, 0.2) is 0 Å². The van der Waals surface area contributed by atoms with Crippen LogP contribution in [0.3, 0.4) is 0 Å². The zero-order chi connectivity index (χ0) is 6.83. The maximum absolute atomic E-state index is 4.91. The quantitative estimate of drug-likeness (QED) is 0.749. The van der Waals surface area contributed by atoms with Gasteiger partial charge in [0.25, 0.3) is 0 Å². The summed E-state index contributed by atoms with van der Waals surface area (Å²) in [5.41, 5.74) is 9.82. The van der Waals surface area contributed by atoms with Gasteiger partial charge in [-0.2, -0.15) is 0 Å². The van der Waals surface area contributed by atoms with Gasteiger partial charge >= 0.3 is 0 Å². The summed E-state index contributed by atoms with van der Waals surface area (Å²) in [6.45, 7) is 7.87. The second-order valence-electron chi connectivity index (χ2n) is 1.05. The Morgan fingerprint density at radius 3 is 1.00 bits per heavy atom. The topological polar surface area (TPSA) is 52.0 Å². The van der Waals surface area contributed by atoms with Gasteiger partial charge in [0.1, 0.15) is 0 Å². The first kappa shape index (κ1) is 22.4. The first-order valence-electron chi connectivity index (χ1n) is 2.45. The van der Waals surface area contributed by atoms with Gasteiger partial charge in [-0.05, 0) is 0 Å². The molecule has 0 aromatic rings. The third-order valence-corrected chi connectivity index (χ3v) is 0.333. The summed E-state index contributed by atoms with van der Waals surface area (Å²) in [7, 11) is 0. The molecule has 0 radical (unpaired) electrons. The molecule has 0 saturated carbocycles. The lowest BCUT2D eigenvalue weighted by atomic mass is 10.7. The number of nitrogens with two attached hydrogens (primary N) is 2. The smallest absolute Gasteiger partial charge is 0.0104 e. The summed E-state index contributed by atoms with van der Waals surface area (Å²) >= 11 is 0. The van der Waals surface area contributed by atoms with Crippen molar-refractivity contribution in [2.75, 3.05) is 13.1 Å². The Morgan fingerprint density at radius 2 is 1.00 bits per heavy atom. The summed E-state index contributed by atoms with van der Waals surface area (Å²) in [6, 6.07) is 0. The molecule has 0 saturated heterocycles. The SMILES string of the molecule is Br.Br.C=CCN.C=CCN. The fraction of sp³-hybridized carbons (Fsp3) is 0.333. The average molecular weight is 276 g/mol. The van der Waals surface area contributed by atoms with Gasteiger partial charge in [-0.25, -0.2) is 0 Å². The molecule has 10 heavy (non-hydrogen) atoms. The number of hydrogen-bond acceptors (Lipinski definition) is 2. The van der Waals surface area contributed by atoms with E-state index in [4.69, 9.17) is 11.5 Å². The molecule has 0 atom stereocenters. The van der Waals surface area contributed by atoms with E-state index in [1.165, 1.54) is 0 Å². The van der Waals surface area contributed by atoms with E-state index >= 15 is 0 Å². The molecule has 4 heteroatoms. The minimum absolute atomic E-state index is 0. The van der Waals surface area contributed by atoms with E-state index in [1.54, 1.807) is 12.2 Å². The molecule has 0 spiro atoms. The van der Waals surface area contributed by atoms with Crippen LogP contribution in [-0.2, 0) is 0 Å². The van der Waals surface area contributed by atoms with E-state index in [2.05, 4.69) is 13.2 Å². The van der Waals surface area contributed by atoms with E-state index in [0.29, 0.717) is 13.1 Å². The van der Waals surface area contributed by atoms with Gasteiger partial charge in [-0.1, -0.05) is 12.2 Å². The van der Waals surface area contributed by atoms with Gasteiger partial charge in [0.05, 0.1) is 0 Å². The van der Waals surface area contributed by atoms with Crippen LogP contribution in [0.2, 0.25) is 0 Å². The largest absolute Gasteiger partial charge is 0.327 e. The molecule has 0 unspecified atom stereocenters. The minimum atomic E-state index is 0. The lowest BCUT2D eigenvalue weighted by Crippen LogP contribution is -1.90. The van der Waals surface area contributed by atoms with Gasteiger partial charge in [-0.15, -0.1) is 47.1 Å². The second kappa shape index (κ2) is 34.4. The van der Waals surface area contributed by atoms with Crippen molar-refractivity contribution < 1.29 is 0 Å². The zero-order valence-corrected chi connectivity index (χ0v) is 9.38. The number of rotatable bonds is 2. The molecular formula is C6H16Br2N2. The van der Waals surface area contributed by atoms with Crippen molar-refractivity contribution in [3.05, 3.63) is 25.3 Å². The molecule has 0 aliphatic heterocycles. The summed E-state index contributed by atoms with van der Waals surface area (Å²) in [4.78, 5) is 0. The lowest BCUT2D eigenvalue weighted by molar-refractivity contribution is 1.26. The minimum Gasteiger partial charge on any atom is -0.327 e. The van der Waals surface area contributed by atoms with Gasteiger partial charge in [0.2, 0.25) is 0 Å². The molecule has 0 rings (SSSR count). The summed E-state index contributed by atoms with van der Waals surface area (Å²) in [6.07, 6.45) is 3.31. The lowest BCUT2D eigenvalue weighted by Gasteiger charge is -1.61. The van der Waals surface area contributed by atoms with E-state index in [0.717, 1.165) is 0 Å². The Bertz CT molecular complexity index is 49.7. The highest BCUT2D eigenvalue weighted by Crippen LogP contribution is 1.40. The molecule has 0 bridgehead atoms. The van der Waals surface area contributed by atoms with Crippen LogP contribution in [0.25, 0.3) is 0 Å². The molecule has 0 amide bonds. The Kier molecular flexibility index (Phi) is 77.2. The Morgan fingerprint density at radius 1 is 0.900 bits per heavy atom. The monoisotopic (exact) mass is 274 g/mol. The van der Waals surface area contributed by atoms with Crippen molar-refractivity contribution in [2.45, 2.75) is 0 Å². The van der Waals surface area contributed by atoms with E-state index in [-0.39, 0.29) is 34.0 Å². The van der Waals surface area contributed by atoms with Crippen molar-refractivity contribution in [2.24, 2.45) is 11.5 Å². The molecule has 0 fully saturated rings. The van der Waals surface area contributed by atoms with Crippen molar-refractivity contribution in [3.63, 3.8) is 0 Å². The van der Waals surface area contributed by atoms with Crippen molar-refractivity contribution in [3.8, 4) is 0 Å². The van der Waals surface area contributed by atoms with Crippen LogP contribution in [0.15, 0.2) is 25.3 Å². The van der Waals surface area contributed by atoms with Crippen LogP contribution in [0, 0.1) is 0 Å². The molecule has 0 aliphatic rings. The molecule has 0 heterocycles. The average Bonchev–Trinajstić information content (AvgIpc) is 1.88. The van der Waals surface area contributed by atoms with Crippen molar-refractivity contribution in [1.29, 1.82) is 0 Å². The van der Waals surface area contributed by atoms with E-state index < -0.39 is 0 Å². The fourth-order valence-corrected chi connectivity index (χ4v) is 0.